The molecule has 0 amide bonds. The molecule has 0 aliphatic heterocycles. The van der Waals surface area contributed by atoms with E-state index in [4.69, 9.17) is 4.74 Å². The van der Waals surface area contributed by atoms with Crippen LogP contribution in [0.25, 0.3) is 0 Å². The molecule has 0 bridgehead atoms. The second-order valence-electron chi connectivity index (χ2n) is 5.31. The van der Waals surface area contributed by atoms with Crippen molar-refractivity contribution in [3.63, 3.8) is 0 Å². The summed E-state index contributed by atoms with van der Waals surface area (Å²) in [5.74, 6) is 0.426. The van der Waals surface area contributed by atoms with Gasteiger partial charge in [-0.25, -0.2) is 4.39 Å². The third-order valence-corrected chi connectivity index (χ3v) is 3.64. The van der Waals surface area contributed by atoms with Gasteiger partial charge in [0.05, 0.1) is 6.61 Å². The van der Waals surface area contributed by atoms with Gasteiger partial charge in [-0.1, -0.05) is 45.1 Å². The third kappa shape index (κ3) is 5.91. The molecule has 0 fully saturated rings. The van der Waals surface area contributed by atoms with Crippen LogP contribution in [0.1, 0.15) is 64.0 Å². The molecule has 0 aliphatic rings. The van der Waals surface area contributed by atoms with Crippen molar-refractivity contribution < 1.29 is 9.13 Å². The van der Waals surface area contributed by atoms with Gasteiger partial charge in [0.15, 0.2) is 0 Å². The van der Waals surface area contributed by atoms with Crippen LogP contribution in [0, 0.1) is 5.82 Å². The van der Waals surface area contributed by atoms with E-state index in [1.165, 1.54) is 38.2 Å². The lowest BCUT2D eigenvalue weighted by Gasteiger charge is -2.13. The summed E-state index contributed by atoms with van der Waals surface area (Å²) in [6.45, 7) is 4.83. The first kappa shape index (κ1) is 17.0. The molecule has 0 saturated carbocycles. The Labute approximate surface area is 122 Å². The van der Waals surface area contributed by atoms with Gasteiger partial charge in [-0.2, -0.15) is 0 Å². The average molecular weight is 281 g/mol. The fourth-order valence-electron chi connectivity index (χ4n) is 2.18. The van der Waals surface area contributed by atoms with Gasteiger partial charge in [0, 0.05) is 17.7 Å². The molecule has 0 aromatic heterocycles. The standard InChI is InChI=1S/C17H28FNO/c1-4-5-6-7-8-9-12-20-15-10-11-16(14(2)19-3)17(18)13-15/h10-11,13-14,19H,4-9,12H2,1-3H3. The van der Waals surface area contributed by atoms with E-state index in [2.05, 4.69) is 12.2 Å². The molecule has 1 atom stereocenters. The topological polar surface area (TPSA) is 21.3 Å². The Bertz CT molecular complexity index is 381. The summed E-state index contributed by atoms with van der Waals surface area (Å²) in [5, 5.41) is 3.04. The number of hydrogen-bond donors (Lipinski definition) is 1. The molecule has 1 aromatic carbocycles. The van der Waals surface area contributed by atoms with Crippen LogP contribution in [0.5, 0.6) is 5.75 Å². The Morgan fingerprint density at radius 3 is 2.50 bits per heavy atom. The van der Waals surface area contributed by atoms with Crippen molar-refractivity contribution >= 4 is 0 Å². The smallest absolute Gasteiger partial charge is 0.131 e. The second kappa shape index (κ2) is 9.76. The van der Waals surface area contributed by atoms with Crippen LogP contribution in [0.3, 0.4) is 0 Å². The fourth-order valence-corrected chi connectivity index (χ4v) is 2.18. The molecule has 1 aromatic rings. The lowest BCUT2D eigenvalue weighted by atomic mass is 10.1. The Kier molecular flexibility index (Phi) is 8.28. The molecule has 0 aliphatic carbocycles. The Hall–Kier alpha value is -1.09. The van der Waals surface area contributed by atoms with Gasteiger partial charge in [0.25, 0.3) is 0 Å². The van der Waals surface area contributed by atoms with Crippen molar-refractivity contribution in [1.82, 2.24) is 5.32 Å². The van der Waals surface area contributed by atoms with E-state index in [0.29, 0.717) is 17.9 Å². The highest BCUT2D eigenvalue weighted by Gasteiger charge is 2.09. The number of nitrogens with one attached hydrogen (secondary N) is 1. The van der Waals surface area contributed by atoms with Crippen LogP contribution in [0.4, 0.5) is 4.39 Å². The largest absolute Gasteiger partial charge is 0.493 e. The first-order chi connectivity index (χ1) is 9.69. The molecule has 1 rings (SSSR count). The molecule has 0 spiro atoms. The SMILES string of the molecule is CCCCCCCCOc1ccc(C(C)NC)c(F)c1. The van der Waals surface area contributed by atoms with Crippen LogP contribution in [0.2, 0.25) is 0 Å². The lowest BCUT2D eigenvalue weighted by Crippen LogP contribution is -2.13. The summed E-state index contributed by atoms with van der Waals surface area (Å²) in [5.41, 5.74) is 0.680. The maximum Gasteiger partial charge on any atom is 0.131 e. The zero-order chi connectivity index (χ0) is 14.8. The molecule has 1 unspecified atom stereocenters. The summed E-state index contributed by atoms with van der Waals surface area (Å²) >= 11 is 0. The van der Waals surface area contributed by atoms with Crippen molar-refractivity contribution in [2.45, 2.75) is 58.4 Å². The molecule has 114 valence electrons. The van der Waals surface area contributed by atoms with Crippen LogP contribution in [0.15, 0.2) is 18.2 Å². The monoisotopic (exact) mass is 281 g/mol. The highest BCUT2D eigenvalue weighted by molar-refractivity contribution is 5.30. The molecular weight excluding hydrogens is 253 g/mol. The first-order valence-corrected chi connectivity index (χ1v) is 7.78. The Balaban J connectivity index is 2.29. The normalized spacial score (nSPS) is 12.4. The van der Waals surface area contributed by atoms with Gasteiger partial charge in [0.1, 0.15) is 11.6 Å². The molecule has 3 heteroatoms. The van der Waals surface area contributed by atoms with Gasteiger partial charge in [-0.15, -0.1) is 0 Å². The van der Waals surface area contributed by atoms with Crippen LogP contribution in [-0.4, -0.2) is 13.7 Å². The van der Waals surface area contributed by atoms with Gasteiger partial charge in [-0.05, 0) is 26.5 Å². The van der Waals surface area contributed by atoms with Crippen LogP contribution in [-0.2, 0) is 0 Å². The molecule has 0 heterocycles. The number of rotatable bonds is 10. The number of unbranched alkanes of at least 4 members (excludes halogenated alkanes) is 5. The minimum Gasteiger partial charge on any atom is -0.493 e. The van der Waals surface area contributed by atoms with Crippen LogP contribution < -0.4 is 10.1 Å². The number of halogens is 1. The lowest BCUT2D eigenvalue weighted by molar-refractivity contribution is 0.302. The van der Waals surface area contributed by atoms with Gasteiger partial charge >= 0.3 is 0 Å². The minimum atomic E-state index is -0.202. The summed E-state index contributed by atoms with van der Waals surface area (Å²) in [6, 6.07) is 5.15. The number of hydrogen-bond acceptors (Lipinski definition) is 2. The van der Waals surface area contributed by atoms with Crippen molar-refractivity contribution in [2.75, 3.05) is 13.7 Å². The highest BCUT2D eigenvalue weighted by atomic mass is 19.1. The molecule has 1 N–H and O–H groups in total. The zero-order valence-corrected chi connectivity index (χ0v) is 13.0. The molecule has 20 heavy (non-hydrogen) atoms. The summed E-state index contributed by atoms with van der Waals surface area (Å²) in [4.78, 5) is 0. The summed E-state index contributed by atoms with van der Waals surface area (Å²) in [6.07, 6.45) is 7.40. The molecular formula is C17H28FNO. The second-order valence-corrected chi connectivity index (χ2v) is 5.31. The van der Waals surface area contributed by atoms with Gasteiger partial charge in [-0.3, -0.25) is 0 Å². The third-order valence-electron chi connectivity index (χ3n) is 3.64. The zero-order valence-electron chi connectivity index (χ0n) is 13.0. The van der Waals surface area contributed by atoms with E-state index in [1.54, 1.807) is 6.07 Å². The molecule has 0 saturated heterocycles. The minimum absolute atomic E-state index is 0.0163. The first-order valence-electron chi connectivity index (χ1n) is 7.78. The molecule has 0 radical (unpaired) electrons. The predicted octanol–water partition coefficient (Wildman–Crippen LogP) is 4.85. The number of ether oxygens (including phenoxy) is 1. The van der Waals surface area contributed by atoms with Crippen molar-refractivity contribution in [3.05, 3.63) is 29.6 Å². The van der Waals surface area contributed by atoms with E-state index in [9.17, 15) is 4.39 Å². The summed E-state index contributed by atoms with van der Waals surface area (Å²) < 4.78 is 19.5. The van der Waals surface area contributed by atoms with E-state index < -0.39 is 0 Å². The highest BCUT2D eigenvalue weighted by Crippen LogP contribution is 2.21. The van der Waals surface area contributed by atoms with Crippen molar-refractivity contribution in [1.29, 1.82) is 0 Å². The van der Waals surface area contributed by atoms with Gasteiger partial charge in [0.2, 0.25) is 0 Å². The quantitative estimate of drug-likeness (QED) is 0.619. The maximum absolute atomic E-state index is 13.9. The van der Waals surface area contributed by atoms with E-state index in [0.717, 1.165) is 6.42 Å². The van der Waals surface area contributed by atoms with Crippen molar-refractivity contribution in [3.8, 4) is 5.75 Å². The Morgan fingerprint density at radius 1 is 1.15 bits per heavy atom. The fraction of sp³-hybridized carbons (Fsp3) is 0.647. The summed E-state index contributed by atoms with van der Waals surface area (Å²) in [7, 11) is 1.83. The average Bonchev–Trinajstić information content (AvgIpc) is 2.45. The van der Waals surface area contributed by atoms with E-state index in [-0.39, 0.29) is 11.9 Å². The van der Waals surface area contributed by atoms with Gasteiger partial charge < -0.3 is 10.1 Å². The Morgan fingerprint density at radius 2 is 1.85 bits per heavy atom. The maximum atomic E-state index is 13.9. The van der Waals surface area contributed by atoms with E-state index >= 15 is 0 Å². The van der Waals surface area contributed by atoms with E-state index in [1.807, 2.05) is 20.0 Å². The molecule has 2 nitrogen and oxygen atoms in total. The van der Waals surface area contributed by atoms with Crippen molar-refractivity contribution in [2.24, 2.45) is 0 Å². The number of benzene rings is 1. The predicted molar refractivity (Wildman–Crippen MR) is 82.7 cm³/mol. The van der Waals surface area contributed by atoms with Crippen LogP contribution >= 0.6 is 0 Å².